The standard InChI is InChI=1S/C27H21N5O/c28-15-18-1-4-20(5-2-18)21-7-9-24(10-8-21)27(29)14-25(27)26(33)32-31-16-19-3-6-23-17-30-12-11-22(23)13-19/h1-13,16-17,25H,14,29H2,(H,32,33)/b31-16+. The van der Waals surface area contributed by atoms with Gasteiger partial charge in [-0.1, -0.05) is 48.5 Å². The molecule has 0 spiro atoms. The maximum absolute atomic E-state index is 12.6. The number of hydrogen-bond donors (Lipinski definition) is 2. The second kappa shape index (κ2) is 8.30. The molecule has 0 aliphatic heterocycles. The molecule has 0 saturated heterocycles. The summed E-state index contributed by atoms with van der Waals surface area (Å²) in [5.74, 6) is -0.506. The van der Waals surface area contributed by atoms with Crippen LogP contribution >= 0.6 is 0 Å². The van der Waals surface area contributed by atoms with Crippen LogP contribution in [0, 0.1) is 17.2 Å². The van der Waals surface area contributed by atoms with E-state index in [9.17, 15) is 4.79 Å². The summed E-state index contributed by atoms with van der Waals surface area (Å²) in [5, 5.41) is 15.2. The first-order valence-corrected chi connectivity index (χ1v) is 10.6. The molecule has 160 valence electrons. The lowest BCUT2D eigenvalue weighted by Gasteiger charge is -2.12. The van der Waals surface area contributed by atoms with Gasteiger partial charge in [-0.05, 0) is 58.3 Å². The van der Waals surface area contributed by atoms with Crippen molar-refractivity contribution in [2.75, 3.05) is 0 Å². The van der Waals surface area contributed by atoms with Crippen LogP contribution in [-0.2, 0) is 10.3 Å². The molecular weight excluding hydrogens is 410 g/mol. The van der Waals surface area contributed by atoms with Crippen molar-refractivity contribution in [1.82, 2.24) is 10.4 Å². The molecule has 6 heteroatoms. The molecule has 0 bridgehead atoms. The van der Waals surface area contributed by atoms with Gasteiger partial charge in [-0.15, -0.1) is 0 Å². The Bertz CT molecular complexity index is 1400. The maximum atomic E-state index is 12.6. The lowest BCUT2D eigenvalue weighted by atomic mass is 9.98. The van der Waals surface area contributed by atoms with Crippen molar-refractivity contribution in [3.63, 3.8) is 0 Å². The molecule has 1 fully saturated rings. The van der Waals surface area contributed by atoms with Crippen LogP contribution in [0.4, 0.5) is 0 Å². The van der Waals surface area contributed by atoms with Gasteiger partial charge in [0.2, 0.25) is 5.91 Å². The average Bonchev–Trinajstić information content (AvgIpc) is 3.57. The Morgan fingerprint density at radius 1 is 1.06 bits per heavy atom. The number of carbonyl (C=O) groups is 1. The van der Waals surface area contributed by atoms with E-state index in [0.717, 1.165) is 33.0 Å². The number of pyridine rings is 1. The number of nitriles is 1. The van der Waals surface area contributed by atoms with Crippen LogP contribution in [0.2, 0.25) is 0 Å². The number of rotatable bonds is 5. The van der Waals surface area contributed by atoms with Crippen LogP contribution in [-0.4, -0.2) is 17.1 Å². The highest BCUT2D eigenvalue weighted by Gasteiger charge is 2.56. The van der Waals surface area contributed by atoms with Crippen molar-refractivity contribution in [2.45, 2.75) is 12.0 Å². The number of aromatic nitrogens is 1. The Labute approximate surface area is 191 Å². The first kappa shape index (κ1) is 20.6. The summed E-state index contributed by atoms with van der Waals surface area (Å²) in [6, 6.07) is 25.3. The molecule has 3 aromatic carbocycles. The third-order valence-electron chi connectivity index (χ3n) is 6.14. The van der Waals surface area contributed by atoms with Crippen molar-refractivity contribution in [1.29, 1.82) is 5.26 Å². The third-order valence-corrected chi connectivity index (χ3v) is 6.14. The zero-order valence-electron chi connectivity index (χ0n) is 17.8. The van der Waals surface area contributed by atoms with Crippen molar-refractivity contribution >= 4 is 22.9 Å². The number of amides is 1. The summed E-state index contributed by atoms with van der Waals surface area (Å²) in [5.41, 5.74) is 13.0. The van der Waals surface area contributed by atoms with E-state index in [0.29, 0.717) is 12.0 Å². The van der Waals surface area contributed by atoms with E-state index in [1.807, 2.05) is 66.9 Å². The van der Waals surface area contributed by atoms with Gasteiger partial charge in [0.1, 0.15) is 0 Å². The summed E-state index contributed by atoms with van der Waals surface area (Å²) in [7, 11) is 0. The number of hydrogen-bond acceptors (Lipinski definition) is 5. The SMILES string of the molecule is N#Cc1ccc(-c2ccc(C3(N)CC3C(=O)N/N=C/c3ccc4cnccc4c3)cc2)cc1. The van der Waals surface area contributed by atoms with E-state index in [1.54, 1.807) is 24.5 Å². The minimum atomic E-state index is -0.682. The summed E-state index contributed by atoms with van der Waals surface area (Å²) in [6.07, 6.45) is 5.76. The molecule has 1 aromatic heterocycles. The molecule has 6 nitrogen and oxygen atoms in total. The predicted molar refractivity (Wildman–Crippen MR) is 128 cm³/mol. The Morgan fingerprint density at radius 3 is 2.52 bits per heavy atom. The predicted octanol–water partition coefficient (Wildman–Crippen LogP) is 4.10. The maximum Gasteiger partial charge on any atom is 0.245 e. The molecule has 33 heavy (non-hydrogen) atoms. The minimum absolute atomic E-state index is 0.185. The van der Waals surface area contributed by atoms with Gasteiger partial charge in [-0.25, -0.2) is 5.43 Å². The number of benzene rings is 3. The van der Waals surface area contributed by atoms with Gasteiger partial charge >= 0.3 is 0 Å². The molecule has 1 aliphatic rings. The van der Waals surface area contributed by atoms with Gasteiger partial charge in [0.25, 0.3) is 0 Å². The first-order chi connectivity index (χ1) is 16.1. The second-order valence-electron chi connectivity index (χ2n) is 8.28. The number of fused-ring (bicyclic) bond motifs is 1. The highest BCUT2D eigenvalue weighted by atomic mass is 16.2. The van der Waals surface area contributed by atoms with Crippen LogP contribution in [0.15, 0.2) is 90.3 Å². The molecule has 2 atom stereocenters. The number of nitrogens with two attached hydrogens (primary N) is 1. The Morgan fingerprint density at radius 2 is 1.79 bits per heavy atom. The number of hydrazone groups is 1. The smallest absolute Gasteiger partial charge is 0.245 e. The number of nitrogens with zero attached hydrogens (tertiary/aromatic N) is 3. The molecule has 1 saturated carbocycles. The molecular formula is C27H21N5O. The largest absolute Gasteiger partial charge is 0.321 e. The van der Waals surface area contributed by atoms with Crippen LogP contribution in [0.25, 0.3) is 21.9 Å². The fourth-order valence-electron chi connectivity index (χ4n) is 4.07. The molecule has 5 rings (SSSR count). The zero-order valence-corrected chi connectivity index (χ0v) is 17.8. The Hall–Kier alpha value is -4.34. The highest BCUT2D eigenvalue weighted by Crippen LogP contribution is 2.49. The van der Waals surface area contributed by atoms with Crippen molar-refractivity contribution in [3.8, 4) is 17.2 Å². The van der Waals surface area contributed by atoms with E-state index in [-0.39, 0.29) is 11.8 Å². The van der Waals surface area contributed by atoms with Crippen LogP contribution in [0.3, 0.4) is 0 Å². The average molecular weight is 431 g/mol. The highest BCUT2D eigenvalue weighted by molar-refractivity contribution is 5.91. The van der Waals surface area contributed by atoms with Crippen molar-refractivity contribution in [3.05, 3.63) is 102 Å². The molecule has 0 radical (unpaired) electrons. The summed E-state index contributed by atoms with van der Waals surface area (Å²) < 4.78 is 0. The number of carbonyl (C=O) groups excluding carboxylic acids is 1. The van der Waals surface area contributed by atoms with E-state index < -0.39 is 5.54 Å². The van der Waals surface area contributed by atoms with E-state index in [1.165, 1.54) is 0 Å². The lowest BCUT2D eigenvalue weighted by Crippen LogP contribution is -2.30. The van der Waals surface area contributed by atoms with Crippen LogP contribution in [0.5, 0.6) is 0 Å². The monoisotopic (exact) mass is 431 g/mol. The van der Waals surface area contributed by atoms with Gasteiger partial charge in [0.05, 0.1) is 29.3 Å². The first-order valence-electron chi connectivity index (χ1n) is 10.6. The minimum Gasteiger partial charge on any atom is -0.321 e. The summed E-state index contributed by atoms with van der Waals surface area (Å²) in [4.78, 5) is 16.7. The van der Waals surface area contributed by atoms with Crippen LogP contribution in [0.1, 0.15) is 23.1 Å². The van der Waals surface area contributed by atoms with E-state index in [2.05, 4.69) is 21.6 Å². The van der Waals surface area contributed by atoms with Crippen LogP contribution < -0.4 is 11.2 Å². The van der Waals surface area contributed by atoms with Gasteiger partial charge < -0.3 is 5.73 Å². The molecule has 1 amide bonds. The Kier molecular flexibility index (Phi) is 5.17. The quantitative estimate of drug-likeness (QED) is 0.367. The normalized spacial score (nSPS) is 19.3. The Balaban J connectivity index is 1.22. The topological polar surface area (TPSA) is 104 Å². The van der Waals surface area contributed by atoms with Gasteiger partial charge in [0.15, 0.2) is 0 Å². The van der Waals surface area contributed by atoms with Gasteiger partial charge in [-0.3, -0.25) is 9.78 Å². The molecule has 1 aliphatic carbocycles. The van der Waals surface area contributed by atoms with Gasteiger partial charge in [-0.2, -0.15) is 10.4 Å². The van der Waals surface area contributed by atoms with Crippen molar-refractivity contribution in [2.24, 2.45) is 16.8 Å². The molecule has 3 N–H and O–H groups in total. The fourth-order valence-corrected chi connectivity index (χ4v) is 4.07. The molecule has 2 unspecified atom stereocenters. The lowest BCUT2D eigenvalue weighted by molar-refractivity contribution is -0.122. The summed E-state index contributed by atoms with van der Waals surface area (Å²) >= 11 is 0. The van der Waals surface area contributed by atoms with E-state index in [4.69, 9.17) is 11.0 Å². The zero-order chi connectivity index (χ0) is 22.8. The second-order valence-corrected chi connectivity index (χ2v) is 8.28. The molecule has 4 aromatic rings. The number of nitrogens with one attached hydrogen (secondary N) is 1. The fraction of sp³-hybridized carbons (Fsp3) is 0.111. The van der Waals surface area contributed by atoms with E-state index >= 15 is 0 Å². The van der Waals surface area contributed by atoms with Crippen molar-refractivity contribution < 1.29 is 4.79 Å². The molecule has 1 heterocycles. The van der Waals surface area contributed by atoms with Gasteiger partial charge in [0, 0.05) is 17.8 Å². The third kappa shape index (κ3) is 4.10. The summed E-state index contributed by atoms with van der Waals surface area (Å²) in [6.45, 7) is 0.